The standard InChI is InChI=1S/C16H8Cl4N2O2.CH/c17-9-5-13(19)15(21-7-9)23-11-1-2-12(4-3-11)24-16-14(20)6-10(18)8-22-16;/h1-8H;1H. The molecule has 3 aromatic rings. The largest absolute Gasteiger partial charge is 0.438 e. The van der Waals surface area contributed by atoms with E-state index < -0.39 is 0 Å². The molecule has 3 rings (SSSR count). The number of rotatable bonds is 4. The first-order valence-corrected chi connectivity index (χ1v) is 8.10. The summed E-state index contributed by atoms with van der Waals surface area (Å²) < 4.78 is 11.2. The molecular weight excluding hydrogens is 406 g/mol. The highest BCUT2D eigenvalue weighted by atomic mass is 35.5. The Morgan fingerprint density at radius 2 is 1.00 bits per heavy atom. The summed E-state index contributed by atoms with van der Waals surface area (Å²) >= 11 is 23.6. The lowest BCUT2D eigenvalue weighted by Gasteiger charge is -2.09. The molecule has 0 aliphatic heterocycles. The Kier molecular flexibility index (Phi) is 6.73. The van der Waals surface area contributed by atoms with Crippen LogP contribution in [0.2, 0.25) is 20.1 Å². The lowest BCUT2D eigenvalue weighted by atomic mass is 10.3. The van der Waals surface area contributed by atoms with Crippen molar-refractivity contribution in [3.05, 3.63) is 76.3 Å². The number of halogens is 4. The molecule has 25 heavy (non-hydrogen) atoms. The molecule has 0 saturated heterocycles. The third-order valence-corrected chi connectivity index (χ3v) is 3.76. The summed E-state index contributed by atoms with van der Waals surface area (Å²) in [5.74, 6) is 1.60. The predicted molar refractivity (Wildman–Crippen MR) is 99.4 cm³/mol. The van der Waals surface area contributed by atoms with E-state index in [1.165, 1.54) is 12.4 Å². The summed E-state index contributed by atoms with van der Waals surface area (Å²) in [7, 11) is 0. The molecule has 1 aromatic carbocycles. The van der Waals surface area contributed by atoms with Gasteiger partial charge in [0, 0.05) is 12.4 Å². The van der Waals surface area contributed by atoms with Crippen LogP contribution in [0.25, 0.3) is 0 Å². The number of benzene rings is 1. The van der Waals surface area contributed by atoms with Crippen LogP contribution >= 0.6 is 46.4 Å². The topological polar surface area (TPSA) is 44.2 Å². The molecule has 0 aliphatic rings. The van der Waals surface area contributed by atoms with Crippen molar-refractivity contribution in [2.45, 2.75) is 0 Å². The van der Waals surface area contributed by atoms with E-state index in [4.69, 9.17) is 55.9 Å². The molecule has 127 valence electrons. The summed E-state index contributed by atoms with van der Waals surface area (Å²) in [5.41, 5.74) is 0. The highest BCUT2D eigenvalue weighted by Gasteiger charge is 2.08. The third kappa shape index (κ3) is 5.13. The molecule has 0 bridgehead atoms. The average Bonchev–Trinajstić information content (AvgIpc) is 2.54. The molecule has 0 unspecified atom stereocenters. The molecule has 4 nitrogen and oxygen atoms in total. The maximum atomic E-state index is 6.02. The maximum Gasteiger partial charge on any atom is 0.238 e. The zero-order valence-corrected chi connectivity index (χ0v) is 15.4. The van der Waals surface area contributed by atoms with E-state index in [9.17, 15) is 0 Å². The van der Waals surface area contributed by atoms with Crippen molar-refractivity contribution < 1.29 is 9.47 Å². The molecule has 0 spiro atoms. The third-order valence-electron chi connectivity index (χ3n) is 2.80. The van der Waals surface area contributed by atoms with Gasteiger partial charge in [-0.3, -0.25) is 0 Å². The van der Waals surface area contributed by atoms with Gasteiger partial charge >= 0.3 is 0 Å². The average molecular weight is 415 g/mol. The Balaban J connectivity index is 0.00000225. The zero-order valence-electron chi connectivity index (χ0n) is 12.4. The second-order valence-electron chi connectivity index (χ2n) is 4.56. The highest BCUT2D eigenvalue weighted by Crippen LogP contribution is 2.32. The predicted octanol–water partition coefficient (Wildman–Crippen LogP) is 6.88. The molecule has 0 N–H and O–H groups in total. The van der Waals surface area contributed by atoms with Gasteiger partial charge in [-0.1, -0.05) is 46.4 Å². The molecule has 0 aliphatic carbocycles. The number of pyridine rings is 2. The van der Waals surface area contributed by atoms with E-state index >= 15 is 0 Å². The van der Waals surface area contributed by atoms with Gasteiger partial charge in [0.25, 0.3) is 0 Å². The second kappa shape index (κ2) is 8.59. The Labute approximate surface area is 165 Å². The van der Waals surface area contributed by atoms with Gasteiger partial charge in [0.2, 0.25) is 11.8 Å². The van der Waals surface area contributed by atoms with E-state index in [2.05, 4.69) is 9.97 Å². The van der Waals surface area contributed by atoms with Crippen LogP contribution in [0.15, 0.2) is 48.8 Å². The van der Waals surface area contributed by atoms with Gasteiger partial charge in [0.1, 0.15) is 21.5 Å². The minimum Gasteiger partial charge on any atom is -0.438 e. The van der Waals surface area contributed by atoms with Crippen molar-refractivity contribution in [3.63, 3.8) is 0 Å². The molecule has 0 amide bonds. The quantitative estimate of drug-likeness (QED) is 0.466. The van der Waals surface area contributed by atoms with Crippen molar-refractivity contribution in [1.82, 2.24) is 9.97 Å². The van der Waals surface area contributed by atoms with E-state index in [-0.39, 0.29) is 19.2 Å². The van der Waals surface area contributed by atoms with Gasteiger partial charge in [-0.05, 0) is 43.8 Å². The summed E-state index contributed by atoms with van der Waals surface area (Å²) in [6.45, 7) is 0. The number of hydrogen-bond donors (Lipinski definition) is 0. The molecule has 8 heteroatoms. The summed E-state index contributed by atoms with van der Waals surface area (Å²) in [6.07, 6.45) is 2.91. The van der Waals surface area contributed by atoms with Gasteiger partial charge in [0.05, 0.1) is 10.0 Å². The molecule has 3 radical (unpaired) electrons. The van der Waals surface area contributed by atoms with Gasteiger partial charge in [-0.25, -0.2) is 9.97 Å². The van der Waals surface area contributed by atoms with Crippen molar-refractivity contribution in [2.75, 3.05) is 0 Å². The molecule has 0 fully saturated rings. The van der Waals surface area contributed by atoms with Crippen molar-refractivity contribution in [1.29, 1.82) is 0 Å². The van der Waals surface area contributed by atoms with E-state index in [0.29, 0.717) is 31.6 Å². The van der Waals surface area contributed by atoms with Gasteiger partial charge < -0.3 is 9.47 Å². The number of hydrogen-bond acceptors (Lipinski definition) is 4. The lowest BCUT2D eigenvalue weighted by molar-refractivity contribution is 0.451. The number of nitrogens with zero attached hydrogens (tertiary/aromatic N) is 2. The maximum absolute atomic E-state index is 6.02. The van der Waals surface area contributed by atoms with Crippen molar-refractivity contribution in [3.8, 4) is 23.3 Å². The van der Waals surface area contributed by atoms with Crippen LogP contribution in [0.4, 0.5) is 0 Å². The van der Waals surface area contributed by atoms with Gasteiger partial charge in [-0.15, -0.1) is 0 Å². The SMILES string of the molecule is Clc1cnc(Oc2ccc(Oc3ncc(Cl)cc3Cl)cc2)c(Cl)c1.[CH]. The summed E-state index contributed by atoms with van der Waals surface area (Å²) in [4.78, 5) is 8.05. The monoisotopic (exact) mass is 413 g/mol. The molecule has 2 heterocycles. The second-order valence-corrected chi connectivity index (χ2v) is 6.24. The number of ether oxygens (including phenoxy) is 2. The normalized spacial score (nSPS) is 10.1. The van der Waals surface area contributed by atoms with Crippen LogP contribution in [-0.2, 0) is 0 Å². The zero-order chi connectivity index (χ0) is 17.1. The Hall–Kier alpha value is -1.72. The first kappa shape index (κ1) is 19.6. The van der Waals surface area contributed by atoms with Crippen LogP contribution in [-0.4, -0.2) is 9.97 Å². The van der Waals surface area contributed by atoms with Crippen molar-refractivity contribution >= 4 is 46.4 Å². The smallest absolute Gasteiger partial charge is 0.238 e. The van der Waals surface area contributed by atoms with Crippen LogP contribution in [0.1, 0.15) is 0 Å². The molecular formula is C17H9Cl4N2O2. The molecule has 0 saturated carbocycles. The fourth-order valence-electron chi connectivity index (χ4n) is 1.75. The first-order chi connectivity index (χ1) is 11.5. The summed E-state index contributed by atoms with van der Waals surface area (Å²) in [6, 6.07) is 9.91. The lowest BCUT2D eigenvalue weighted by Crippen LogP contribution is -1.91. The van der Waals surface area contributed by atoms with Gasteiger partial charge in [0.15, 0.2) is 0 Å². The minimum absolute atomic E-state index is 0. The minimum atomic E-state index is 0. The van der Waals surface area contributed by atoms with Crippen LogP contribution in [0.3, 0.4) is 0 Å². The Morgan fingerprint density at radius 1 is 0.640 bits per heavy atom. The van der Waals surface area contributed by atoms with Crippen LogP contribution < -0.4 is 9.47 Å². The molecule has 0 atom stereocenters. The Morgan fingerprint density at radius 3 is 1.32 bits per heavy atom. The highest BCUT2D eigenvalue weighted by molar-refractivity contribution is 6.35. The van der Waals surface area contributed by atoms with E-state index in [1.54, 1.807) is 36.4 Å². The first-order valence-electron chi connectivity index (χ1n) is 6.59. The van der Waals surface area contributed by atoms with Crippen molar-refractivity contribution in [2.24, 2.45) is 0 Å². The van der Waals surface area contributed by atoms with Crippen LogP contribution in [0, 0.1) is 7.43 Å². The number of aromatic nitrogens is 2. The van der Waals surface area contributed by atoms with Crippen LogP contribution in [0.5, 0.6) is 23.3 Å². The van der Waals surface area contributed by atoms with Gasteiger partial charge in [-0.2, -0.15) is 0 Å². The van der Waals surface area contributed by atoms with E-state index in [1.807, 2.05) is 0 Å². The van der Waals surface area contributed by atoms with E-state index in [0.717, 1.165) is 0 Å². The fraction of sp³-hybridized carbons (Fsp3) is 0. The Bertz CT molecular complexity index is 801. The fourth-order valence-corrected chi connectivity index (χ4v) is 2.59. The molecule has 2 aromatic heterocycles. The summed E-state index contributed by atoms with van der Waals surface area (Å²) in [5, 5.41) is 1.51.